The van der Waals surface area contributed by atoms with Crippen LogP contribution in [-0.2, 0) is 4.79 Å². The van der Waals surface area contributed by atoms with E-state index in [2.05, 4.69) is 16.0 Å². The van der Waals surface area contributed by atoms with Crippen LogP contribution in [0.4, 0.5) is 0 Å². The fraction of sp³-hybridized carbons (Fsp3) is 0.522. The van der Waals surface area contributed by atoms with Crippen molar-refractivity contribution in [3.8, 4) is 5.69 Å². The van der Waals surface area contributed by atoms with Gasteiger partial charge < -0.3 is 0 Å². The van der Waals surface area contributed by atoms with Gasteiger partial charge in [-0.1, -0.05) is 18.2 Å². The Balaban J connectivity index is 1.20. The van der Waals surface area contributed by atoms with E-state index in [0.29, 0.717) is 12.0 Å². The smallest absolute Gasteiger partial charge is 0.273 e. The molecule has 6 rings (SSSR count). The number of aromatic nitrogens is 2. The van der Waals surface area contributed by atoms with Gasteiger partial charge in [-0.05, 0) is 80.8 Å². The Labute approximate surface area is 171 Å². The van der Waals surface area contributed by atoms with E-state index in [1.807, 2.05) is 37.3 Å². The second-order valence-electron chi connectivity index (χ2n) is 9.49. The molecule has 1 aromatic heterocycles. The molecule has 0 spiro atoms. The predicted octanol–water partition coefficient (Wildman–Crippen LogP) is 3.55. The minimum absolute atomic E-state index is 0.0756. The van der Waals surface area contributed by atoms with Crippen molar-refractivity contribution in [2.45, 2.75) is 51.9 Å². The molecule has 4 fully saturated rings. The number of amides is 2. The van der Waals surface area contributed by atoms with Crippen LogP contribution in [0, 0.1) is 30.1 Å². The Kier molecular flexibility index (Phi) is 4.45. The average Bonchev–Trinajstić information content (AvgIpc) is 3.07. The van der Waals surface area contributed by atoms with Crippen molar-refractivity contribution in [2.75, 3.05) is 0 Å². The highest BCUT2D eigenvalue weighted by molar-refractivity contribution is 5.96. The van der Waals surface area contributed by atoms with Crippen LogP contribution in [-0.4, -0.2) is 21.6 Å². The van der Waals surface area contributed by atoms with E-state index in [1.54, 1.807) is 10.9 Å². The van der Waals surface area contributed by atoms with E-state index >= 15 is 0 Å². The van der Waals surface area contributed by atoms with E-state index in [9.17, 15) is 9.59 Å². The molecule has 0 aliphatic heterocycles. The molecule has 4 bridgehead atoms. The molecule has 0 saturated heterocycles. The lowest BCUT2D eigenvalue weighted by molar-refractivity contribution is -0.130. The van der Waals surface area contributed by atoms with Gasteiger partial charge in [0.25, 0.3) is 5.91 Å². The second kappa shape index (κ2) is 7.01. The molecule has 2 aromatic rings. The summed E-state index contributed by atoms with van der Waals surface area (Å²) in [5.41, 5.74) is 7.52. The van der Waals surface area contributed by atoms with Crippen LogP contribution < -0.4 is 10.9 Å². The summed E-state index contributed by atoms with van der Waals surface area (Å²) >= 11 is 0. The number of nitrogens with one attached hydrogen (secondary N) is 2. The predicted molar refractivity (Wildman–Crippen MR) is 109 cm³/mol. The largest absolute Gasteiger partial charge is 0.273 e. The molecule has 4 aliphatic rings. The van der Waals surface area contributed by atoms with Gasteiger partial charge in [0, 0.05) is 6.42 Å². The van der Waals surface area contributed by atoms with Crippen molar-refractivity contribution in [3.05, 3.63) is 47.8 Å². The monoisotopic (exact) mass is 392 g/mol. The molecule has 6 heteroatoms. The summed E-state index contributed by atoms with van der Waals surface area (Å²) in [6, 6.07) is 9.68. The van der Waals surface area contributed by atoms with E-state index in [0.717, 1.165) is 29.1 Å². The summed E-state index contributed by atoms with van der Waals surface area (Å²) in [4.78, 5) is 25.2. The zero-order valence-corrected chi connectivity index (χ0v) is 16.9. The Morgan fingerprint density at radius 1 is 1.03 bits per heavy atom. The maximum atomic E-state index is 12.6. The number of carbonyl (C=O) groups excluding carboxylic acids is 2. The SMILES string of the molecule is Cc1c(C(=O)NNC(=O)CC23CC4CC(CC(C4)C2)C3)cnn1-c1ccccc1. The van der Waals surface area contributed by atoms with Crippen LogP contribution in [0.5, 0.6) is 0 Å². The Morgan fingerprint density at radius 2 is 1.66 bits per heavy atom. The number of hydrazine groups is 1. The second-order valence-corrected chi connectivity index (χ2v) is 9.49. The topological polar surface area (TPSA) is 76.0 Å². The standard InChI is InChI=1S/C23H28N4O2/c1-15-20(14-24-27(15)19-5-3-2-4-6-19)22(29)26-25-21(28)13-23-10-16-7-17(11-23)9-18(8-16)12-23/h2-6,14,16-18H,7-13H2,1H3,(H,25,28)(H,26,29). The minimum Gasteiger partial charge on any atom is -0.273 e. The average molecular weight is 393 g/mol. The van der Waals surface area contributed by atoms with Gasteiger partial charge in [0.15, 0.2) is 0 Å². The fourth-order valence-corrected chi connectivity index (χ4v) is 6.55. The minimum atomic E-state index is -0.330. The van der Waals surface area contributed by atoms with Crippen LogP contribution in [0.1, 0.15) is 61.0 Å². The third-order valence-corrected chi connectivity index (χ3v) is 7.27. The lowest BCUT2D eigenvalue weighted by Crippen LogP contribution is -2.50. The van der Waals surface area contributed by atoms with Gasteiger partial charge in [0.1, 0.15) is 0 Å². The van der Waals surface area contributed by atoms with Gasteiger partial charge in [-0.3, -0.25) is 20.4 Å². The molecule has 6 nitrogen and oxygen atoms in total. The van der Waals surface area contributed by atoms with Crippen molar-refractivity contribution < 1.29 is 9.59 Å². The van der Waals surface area contributed by atoms with Gasteiger partial charge >= 0.3 is 0 Å². The first-order valence-electron chi connectivity index (χ1n) is 10.7. The van der Waals surface area contributed by atoms with Crippen molar-refractivity contribution in [1.82, 2.24) is 20.6 Å². The van der Waals surface area contributed by atoms with Crippen molar-refractivity contribution in [3.63, 3.8) is 0 Å². The summed E-state index contributed by atoms with van der Waals surface area (Å²) in [5.74, 6) is 2.04. The maximum absolute atomic E-state index is 12.6. The highest BCUT2D eigenvalue weighted by Crippen LogP contribution is 2.61. The zero-order valence-electron chi connectivity index (χ0n) is 16.9. The first kappa shape index (κ1) is 18.4. The molecule has 0 radical (unpaired) electrons. The van der Waals surface area contributed by atoms with Crippen LogP contribution in [0.15, 0.2) is 36.5 Å². The number of hydrogen-bond donors (Lipinski definition) is 2. The zero-order chi connectivity index (χ0) is 20.0. The number of nitrogens with zero attached hydrogens (tertiary/aromatic N) is 2. The molecule has 29 heavy (non-hydrogen) atoms. The van der Waals surface area contributed by atoms with Gasteiger partial charge in [-0.15, -0.1) is 0 Å². The summed E-state index contributed by atoms with van der Waals surface area (Å²) in [5, 5.41) is 4.32. The first-order valence-corrected chi connectivity index (χ1v) is 10.7. The van der Waals surface area contributed by atoms with Gasteiger partial charge in [-0.25, -0.2) is 4.68 Å². The molecule has 2 N–H and O–H groups in total. The molecule has 0 unspecified atom stereocenters. The highest BCUT2D eigenvalue weighted by Gasteiger charge is 2.51. The van der Waals surface area contributed by atoms with Crippen molar-refractivity contribution in [2.24, 2.45) is 23.2 Å². The van der Waals surface area contributed by atoms with Crippen LogP contribution in [0.3, 0.4) is 0 Å². The summed E-state index contributed by atoms with van der Waals surface area (Å²) < 4.78 is 1.73. The van der Waals surface area contributed by atoms with Crippen LogP contribution in [0.25, 0.3) is 5.69 Å². The van der Waals surface area contributed by atoms with Crippen molar-refractivity contribution in [1.29, 1.82) is 0 Å². The third kappa shape index (κ3) is 3.45. The lowest BCUT2D eigenvalue weighted by atomic mass is 9.49. The normalized spacial score (nSPS) is 29.6. The number of para-hydroxylation sites is 1. The maximum Gasteiger partial charge on any atom is 0.273 e. The number of carbonyl (C=O) groups is 2. The molecule has 0 atom stereocenters. The fourth-order valence-electron chi connectivity index (χ4n) is 6.55. The van der Waals surface area contributed by atoms with Gasteiger partial charge in [0.2, 0.25) is 5.91 Å². The van der Waals surface area contributed by atoms with Gasteiger partial charge in [0.05, 0.1) is 23.1 Å². The molecular formula is C23H28N4O2. The Bertz CT molecular complexity index is 898. The van der Waals surface area contributed by atoms with Gasteiger partial charge in [-0.2, -0.15) is 5.10 Å². The van der Waals surface area contributed by atoms with E-state index in [-0.39, 0.29) is 17.2 Å². The molecule has 1 aromatic carbocycles. The molecule has 1 heterocycles. The summed E-state index contributed by atoms with van der Waals surface area (Å²) in [6.45, 7) is 1.85. The number of hydrogen-bond acceptors (Lipinski definition) is 3. The molecule has 4 saturated carbocycles. The molecule has 4 aliphatic carbocycles. The van der Waals surface area contributed by atoms with Crippen LogP contribution >= 0.6 is 0 Å². The van der Waals surface area contributed by atoms with E-state index in [4.69, 9.17) is 0 Å². The number of benzene rings is 1. The quantitative estimate of drug-likeness (QED) is 0.782. The Morgan fingerprint density at radius 3 is 2.28 bits per heavy atom. The lowest BCUT2D eigenvalue weighted by Gasteiger charge is -2.56. The number of rotatable bonds is 4. The molecule has 152 valence electrons. The third-order valence-electron chi connectivity index (χ3n) is 7.27. The van der Waals surface area contributed by atoms with E-state index < -0.39 is 0 Å². The van der Waals surface area contributed by atoms with E-state index in [1.165, 1.54) is 38.5 Å². The van der Waals surface area contributed by atoms with Crippen LogP contribution in [0.2, 0.25) is 0 Å². The first-order chi connectivity index (χ1) is 14.0. The highest BCUT2D eigenvalue weighted by atomic mass is 16.2. The van der Waals surface area contributed by atoms with Crippen molar-refractivity contribution >= 4 is 11.8 Å². The summed E-state index contributed by atoms with van der Waals surface area (Å²) in [6.07, 6.45) is 9.71. The molecule has 2 amide bonds. The molecular weight excluding hydrogens is 364 g/mol. The summed E-state index contributed by atoms with van der Waals surface area (Å²) in [7, 11) is 0. The Hall–Kier alpha value is -2.63.